The van der Waals surface area contributed by atoms with Gasteiger partial charge in [0.15, 0.2) is 0 Å². The van der Waals surface area contributed by atoms with E-state index in [0.717, 1.165) is 5.56 Å². The summed E-state index contributed by atoms with van der Waals surface area (Å²) < 4.78 is 22.4. The number of carbonyl (C=O) groups is 2. The first kappa shape index (κ1) is 20.1. The molecule has 1 saturated heterocycles. The van der Waals surface area contributed by atoms with Crippen LogP contribution in [0.3, 0.4) is 0 Å². The molecule has 0 radical (unpaired) electrons. The van der Waals surface area contributed by atoms with Gasteiger partial charge in [-0.15, -0.1) is 6.58 Å². The number of carbonyl (C=O) groups excluding carboxylic acids is 2. The van der Waals surface area contributed by atoms with Crippen molar-refractivity contribution in [1.29, 1.82) is 0 Å². The third-order valence-corrected chi connectivity index (χ3v) is 4.44. The van der Waals surface area contributed by atoms with Crippen LogP contribution in [0.4, 0.5) is 0 Å². The zero-order valence-corrected chi connectivity index (χ0v) is 15.4. The van der Waals surface area contributed by atoms with E-state index in [4.69, 9.17) is 18.9 Å². The minimum atomic E-state index is -0.893. The fraction of sp³-hybridized carbons (Fsp3) is 0.500. The van der Waals surface area contributed by atoms with E-state index in [2.05, 4.69) is 6.58 Å². The molecule has 0 spiro atoms. The molecule has 0 aliphatic carbocycles. The van der Waals surface area contributed by atoms with E-state index in [0.29, 0.717) is 6.61 Å². The second-order valence-electron chi connectivity index (χ2n) is 6.39. The van der Waals surface area contributed by atoms with Crippen molar-refractivity contribution in [2.45, 2.75) is 45.9 Å². The van der Waals surface area contributed by atoms with Gasteiger partial charge in [-0.1, -0.05) is 43.3 Å². The fourth-order valence-electron chi connectivity index (χ4n) is 3.06. The van der Waals surface area contributed by atoms with Crippen LogP contribution in [0.5, 0.6) is 0 Å². The molecule has 0 saturated carbocycles. The molecule has 2 rings (SSSR count). The highest BCUT2D eigenvalue weighted by Gasteiger charge is 2.45. The van der Waals surface area contributed by atoms with Gasteiger partial charge in [-0.3, -0.25) is 9.59 Å². The van der Waals surface area contributed by atoms with Crippen molar-refractivity contribution in [3.05, 3.63) is 48.6 Å². The van der Waals surface area contributed by atoms with Crippen molar-refractivity contribution >= 4 is 11.9 Å². The van der Waals surface area contributed by atoms with Gasteiger partial charge in [0.25, 0.3) is 0 Å². The number of hydrogen-bond acceptors (Lipinski definition) is 6. The molecule has 142 valence electrons. The number of benzene rings is 1. The molecule has 0 bridgehead atoms. The summed E-state index contributed by atoms with van der Waals surface area (Å²) in [5.74, 6) is -1.01. The SMILES string of the molecule is C=C[C@H]1[C@H](C)[C@@H](COC(C)=O)O[C@H](OC(C)=O)[C@H]1OCc1ccccc1. The summed E-state index contributed by atoms with van der Waals surface area (Å²) in [6.45, 7) is 8.98. The van der Waals surface area contributed by atoms with Crippen molar-refractivity contribution < 1.29 is 28.5 Å². The highest BCUT2D eigenvalue weighted by Crippen LogP contribution is 2.35. The van der Waals surface area contributed by atoms with E-state index in [1.54, 1.807) is 6.08 Å². The van der Waals surface area contributed by atoms with Gasteiger partial charge in [-0.2, -0.15) is 0 Å². The van der Waals surface area contributed by atoms with Crippen LogP contribution < -0.4 is 0 Å². The molecule has 6 nitrogen and oxygen atoms in total. The van der Waals surface area contributed by atoms with Crippen LogP contribution in [-0.2, 0) is 35.1 Å². The zero-order chi connectivity index (χ0) is 19.1. The van der Waals surface area contributed by atoms with Crippen LogP contribution in [0.25, 0.3) is 0 Å². The second-order valence-corrected chi connectivity index (χ2v) is 6.39. The van der Waals surface area contributed by atoms with Gasteiger partial charge in [0.2, 0.25) is 6.29 Å². The van der Waals surface area contributed by atoms with E-state index in [1.807, 2.05) is 37.3 Å². The molecule has 0 N–H and O–H groups in total. The summed E-state index contributed by atoms with van der Waals surface area (Å²) in [7, 11) is 0. The van der Waals surface area contributed by atoms with E-state index in [1.165, 1.54) is 13.8 Å². The van der Waals surface area contributed by atoms with Crippen molar-refractivity contribution in [3.63, 3.8) is 0 Å². The average molecular weight is 362 g/mol. The third kappa shape index (κ3) is 5.41. The Kier molecular flexibility index (Phi) is 7.36. The lowest BCUT2D eigenvalue weighted by Crippen LogP contribution is -2.53. The third-order valence-electron chi connectivity index (χ3n) is 4.44. The molecular weight excluding hydrogens is 336 g/mol. The van der Waals surface area contributed by atoms with Crippen LogP contribution in [0, 0.1) is 11.8 Å². The molecule has 1 aromatic rings. The standard InChI is InChI=1S/C20H26O6/c1-5-17-13(2)18(12-23-14(3)21)26-20(25-15(4)22)19(17)24-11-16-9-7-6-8-10-16/h5-10,13,17-20H,1,11-12H2,2-4H3/t13-,17-,18+,19-,20-/m0/s1. The first-order chi connectivity index (χ1) is 12.4. The summed E-state index contributed by atoms with van der Waals surface area (Å²) in [6, 6.07) is 9.72. The average Bonchev–Trinajstić information content (AvgIpc) is 2.60. The van der Waals surface area contributed by atoms with Crippen LogP contribution in [0.2, 0.25) is 0 Å². The molecule has 6 heteroatoms. The predicted molar refractivity (Wildman–Crippen MR) is 94.9 cm³/mol. The Morgan fingerprint density at radius 1 is 1.19 bits per heavy atom. The predicted octanol–water partition coefficient (Wildman–Crippen LogP) is 2.86. The first-order valence-corrected chi connectivity index (χ1v) is 8.66. The summed E-state index contributed by atoms with van der Waals surface area (Å²) >= 11 is 0. The van der Waals surface area contributed by atoms with E-state index in [9.17, 15) is 9.59 Å². The summed E-state index contributed by atoms with van der Waals surface area (Å²) in [4.78, 5) is 22.6. The Hall–Kier alpha value is -2.18. The Labute approximate surface area is 154 Å². The number of rotatable bonds is 7. The molecule has 1 aromatic carbocycles. The molecule has 0 aromatic heterocycles. The Balaban J connectivity index is 2.14. The maximum absolute atomic E-state index is 11.5. The van der Waals surface area contributed by atoms with Gasteiger partial charge in [-0.05, 0) is 11.5 Å². The Morgan fingerprint density at radius 3 is 2.46 bits per heavy atom. The van der Waals surface area contributed by atoms with Gasteiger partial charge in [0.05, 0.1) is 12.7 Å². The smallest absolute Gasteiger partial charge is 0.305 e. The number of hydrogen-bond donors (Lipinski definition) is 0. The van der Waals surface area contributed by atoms with Gasteiger partial charge in [-0.25, -0.2) is 0 Å². The molecule has 5 atom stereocenters. The molecule has 0 amide bonds. The van der Waals surface area contributed by atoms with E-state index < -0.39 is 24.5 Å². The van der Waals surface area contributed by atoms with Crippen LogP contribution in [0.1, 0.15) is 26.3 Å². The molecule has 1 aliphatic rings. The van der Waals surface area contributed by atoms with Crippen molar-refractivity contribution in [2.75, 3.05) is 6.61 Å². The topological polar surface area (TPSA) is 71.1 Å². The molecule has 1 fully saturated rings. The van der Waals surface area contributed by atoms with Crippen LogP contribution >= 0.6 is 0 Å². The minimum absolute atomic E-state index is 0.0283. The second kappa shape index (κ2) is 9.50. The molecular formula is C20H26O6. The monoisotopic (exact) mass is 362 g/mol. The van der Waals surface area contributed by atoms with E-state index in [-0.39, 0.29) is 24.4 Å². The highest BCUT2D eigenvalue weighted by atomic mass is 16.7. The lowest BCUT2D eigenvalue weighted by atomic mass is 9.82. The van der Waals surface area contributed by atoms with Gasteiger partial charge in [0, 0.05) is 19.8 Å². The maximum Gasteiger partial charge on any atom is 0.305 e. The zero-order valence-electron chi connectivity index (χ0n) is 15.4. The van der Waals surface area contributed by atoms with Gasteiger partial charge in [0.1, 0.15) is 12.7 Å². The van der Waals surface area contributed by atoms with Crippen molar-refractivity contribution in [2.24, 2.45) is 11.8 Å². The molecule has 0 unspecified atom stereocenters. The largest absolute Gasteiger partial charge is 0.463 e. The first-order valence-electron chi connectivity index (χ1n) is 8.66. The molecule has 26 heavy (non-hydrogen) atoms. The lowest BCUT2D eigenvalue weighted by Gasteiger charge is -2.43. The maximum atomic E-state index is 11.5. The van der Waals surface area contributed by atoms with Crippen LogP contribution in [0.15, 0.2) is 43.0 Å². The molecule has 1 heterocycles. The van der Waals surface area contributed by atoms with Gasteiger partial charge >= 0.3 is 11.9 Å². The summed E-state index contributed by atoms with van der Waals surface area (Å²) in [5.41, 5.74) is 1.01. The summed E-state index contributed by atoms with van der Waals surface area (Å²) in [6.07, 6.45) is -0.0286. The van der Waals surface area contributed by atoms with Crippen LogP contribution in [-0.4, -0.2) is 37.0 Å². The normalized spacial score (nSPS) is 28.2. The Bertz CT molecular complexity index is 614. The summed E-state index contributed by atoms with van der Waals surface area (Å²) in [5, 5.41) is 0. The minimum Gasteiger partial charge on any atom is -0.463 e. The van der Waals surface area contributed by atoms with Gasteiger partial charge < -0.3 is 18.9 Å². The van der Waals surface area contributed by atoms with E-state index >= 15 is 0 Å². The van der Waals surface area contributed by atoms with Crippen molar-refractivity contribution in [1.82, 2.24) is 0 Å². The van der Waals surface area contributed by atoms with Crippen molar-refractivity contribution in [3.8, 4) is 0 Å². The quantitative estimate of drug-likeness (QED) is 0.549. The highest BCUT2D eigenvalue weighted by molar-refractivity contribution is 5.66. The molecule has 1 aliphatic heterocycles. The fourth-order valence-corrected chi connectivity index (χ4v) is 3.06. The number of esters is 2. The lowest BCUT2D eigenvalue weighted by molar-refractivity contribution is -0.274. The number of ether oxygens (including phenoxy) is 4. The Morgan fingerprint density at radius 2 is 1.88 bits per heavy atom.